The minimum absolute atomic E-state index is 0.195. The second kappa shape index (κ2) is 7.05. The fraction of sp³-hybridized carbons (Fsp3) is 0.714. The molecule has 0 N–H and O–H groups in total. The quantitative estimate of drug-likeness (QED) is 0.257. The summed E-state index contributed by atoms with van der Waals surface area (Å²) in [5.41, 5.74) is 0. The lowest BCUT2D eigenvalue weighted by molar-refractivity contribution is -0.757. The SMILES string of the molecule is CCC=CCCCO[N+](=O)[O-]. The standard InChI is InChI=1S/C7H13NO3/c1-2-3-4-5-6-7-11-8(9)10/h3-4H,2,5-7H2,1H3. The van der Waals surface area contributed by atoms with Crippen LogP contribution in [0.3, 0.4) is 0 Å². The van der Waals surface area contributed by atoms with Crippen molar-refractivity contribution >= 4 is 0 Å². The van der Waals surface area contributed by atoms with Crippen LogP contribution in [0.4, 0.5) is 0 Å². The molecule has 4 nitrogen and oxygen atoms in total. The zero-order valence-electron chi connectivity index (χ0n) is 6.66. The second-order valence-corrected chi connectivity index (χ2v) is 2.08. The average Bonchev–Trinajstić information content (AvgIpc) is 1.96. The van der Waals surface area contributed by atoms with Crippen molar-refractivity contribution in [2.75, 3.05) is 6.61 Å². The molecule has 0 amide bonds. The van der Waals surface area contributed by atoms with Gasteiger partial charge in [0.2, 0.25) is 0 Å². The summed E-state index contributed by atoms with van der Waals surface area (Å²) in [6.07, 6.45) is 6.60. The molecule has 0 unspecified atom stereocenters. The van der Waals surface area contributed by atoms with Gasteiger partial charge in [-0.3, -0.25) is 0 Å². The molecule has 11 heavy (non-hydrogen) atoms. The van der Waals surface area contributed by atoms with E-state index in [4.69, 9.17) is 0 Å². The normalized spacial score (nSPS) is 10.3. The zero-order valence-corrected chi connectivity index (χ0v) is 6.66. The first-order valence-corrected chi connectivity index (χ1v) is 3.69. The Morgan fingerprint density at radius 1 is 1.55 bits per heavy atom. The maximum Gasteiger partial charge on any atom is 0.294 e. The molecular formula is C7H13NO3. The molecule has 0 heterocycles. The average molecular weight is 159 g/mol. The molecule has 0 aromatic carbocycles. The molecule has 0 aliphatic carbocycles. The van der Waals surface area contributed by atoms with Crippen molar-refractivity contribution in [2.24, 2.45) is 0 Å². The van der Waals surface area contributed by atoms with Gasteiger partial charge >= 0.3 is 0 Å². The zero-order chi connectivity index (χ0) is 8.53. The third-order valence-electron chi connectivity index (χ3n) is 1.11. The van der Waals surface area contributed by atoms with Crippen molar-refractivity contribution in [3.05, 3.63) is 22.3 Å². The number of allylic oxidation sites excluding steroid dienone is 2. The molecule has 0 rings (SSSR count). The van der Waals surface area contributed by atoms with Gasteiger partial charge in [-0.05, 0) is 19.3 Å². The fourth-order valence-corrected chi connectivity index (χ4v) is 0.625. The molecule has 0 spiro atoms. The van der Waals surface area contributed by atoms with Crippen molar-refractivity contribution in [3.63, 3.8) is 0 Å². The van der Waals surface area contributed by atoms with E-state index >= 15 is 0 Å². The van der Waals surface area contributed by atoms with Gasteiger partial charge in [0.15, 0.2) is 0 Å². The number of unbranched alkanes of at least 4 members (excludes halogenated alkanes) is 1. The Labute approximate surface area is 66.0 Å². The smallest absolute Gasteiger partial charge is 0.294 e. The van der Waals surface area contributed by atoms with Crippen LogP contribution in [0.2, 0.25) is 0 Å². The first kappa shape index (κ1) is 9.94. The van der Waals surface area contributed by atoms with Gasteiger partial charge in [0.25, 0.3) is 5.09 Å². The monoisotopic (exact) mass is 159 g/mol. The van der Waals surface area contributed by atoms with Crippen LogP contribution < -0.4 is 0 Å². The number of rotatable bonds is 6. The van der Waals surface area contributed by atoms with Crippen LogP contribution in [-0.4, -0.2) is 11.7 Å². The minimum atomic E-state index is -0.760. The molecule has 0 aromatic rings. The Bertz CT molecular complexity index is 134. The Kier molecular flexibility index (Phi) is 6.37. The van der Waals surface area contributed by atoms with Gasteiger partial charge < -0.3 is 4.84 Å². The van der Waals surface area contributed by atoms with E-state index in [0.29, 0.717) is 6.42 Å². The van der Waals surface area contributed by atoms with Crippen molar-refractivity contribution in [3.8, 4) is 0 Å². The molecule has 0 radical (unpaired) electrons. The van der Waals surface area contributed by atoms with Crippen LogP contribution in [0.1, 0.15) is 26.2 Å². The molecule has 0 saturated heterocycles. The first-order chi connectivity index (χ1) is 5.27. The molecule has 0 aliphatic rings. The lowest BCUT2D eigenvalue weighted by Gasteiger charge is -1.93. The second-order valence-electron chi connectivity index (χ2n) is 2.08. The van der Waals surface area contributed by atoms with Crippen molar-refractivity contribution in [1.82, 2.24) is 0 Å². The minimum Gasteiger partial charge on any atom is -0.314 e. The molecule has 4 heteroatoms. The molecular weight excluding hydrogens is 146 g/mol. The van der Waals surface area contributed by atoms with Crippen LogP contribution in [0.25, 0.3) is 0 Å². The van der Waals surface area contributed by atoms with E-state index in [1.807, 2.05) is 19.1 Å². The predicted molar refractivity (Wildman–Crippen MR) is 41.6 cm³/mol. The van der Waals surface area contributed by atoms with Crippen LogP contribution in [0, 0.1) is 10.1 Å². The van der Waals surface area contributed by atoms with E-state index in [1.165, 1.54) is 0 Å². The van der Waals surface area contributed by atoms with Crippen LogP contribution in [-0.2, 0) is 4.84 Å². The van der Waals surface area contributed by atoms with Gasteiger partial charge in [-0.25, -0.2) is 0 Å². The van der Waals surface area contributed by atoms with E-state index in [9.17, 15) is 10.1 Å². The maximum absolute atomic E-state index is 9.65. The van der Waals surface area contributed by atoms with E-state index in [2.05, 4.69) is 4.84 Å². The van der Waals surface area contributed by atoms with Gasteiger partial charge in [0.1, 0.15) is 0 Å². The third-order valence-corrected chi connectivity index (χ3v) is 1.11. The lowest BCUT2D eigenvalue weighted by Crippen LogP contribution is -2.01. The Balaban J connectivity index is 3.02. The van der Waals surface area contributed by atoms with Gasteiger partial charge in [-0.15, -0.1) is 10.1 Å². The number of hydrogen-bond acceptors (Lipinski definition) is 3. The highest BCUT2D eigenvalue weighted by molar-refractivity contribution is 4.79. The highest BCUT2D eigenvalue weighted by Gasteiger charge is 1.91. The van der Waals surface area contributed by atoms with Crippen molar-refractivity contribution in [2.45, 2.75) is 26.2 Å². The Morgan fingerprint density at radius 3 is 2.82 bits per heavy atom. The topological polar surface area (TPSA) is 52.4 Å². The summed E-state index contributed by atoms with van der Waals surface area (Å²) in [6, 6.07) is 0. The summed E-state index contributed by atoms with van der Waals surface area (Å²) in [5, 5.41) is 8.89. The van der Waals surface area contributed by atoms with Gasteiger partial charge in [0, 0.05) is 0 Å². The van der Waals surface area contributed by atoms with E-state index in [0.717, 1.165) is 12.8 Å². The summed E-state index contributed by atoms with van der Waals surface area (Å²) in [7, 11) is 0. The highest BCUT2D eigenvalue weighted by atomic mass is 16.9. The van der Waals surface area contributed by atoms with E-state index in [1.54, 1.807) is 0 Å². The molecule has 0 atom stereocenters. The van der Waals surface area contributed by atoms with E-state index < -0.39 is 5.09 Å². The fourth-order valence-electron chi connectivity index (χ4n) is 0.625. The Hall–Kier alpha value is -1.06. The lowest BCUT2D eigenvalue weighted by atomic mass is 10.3. The Morgan fingerprint density at radius 2 is 2.27 bits per heavy atom. The van der Waals surface area contributed by atoms with Gasteiger partial charge in [0.05, 0.1) is 6.61 Å². The predicted octanol–water partition coefficient (Wildman–Crippen LogP) is 1.94. The summed E-state index contributed by atoms with van der Waals surface area (Å²) in [6.45, 7) is 2.24. The molecule has 0 aromatic heterocycles. The van der Waals surface area contributed by atoms with Crippen LogP contribution in [0.5, 0.6) is 0 Å². The van der Waals surface area contributed by atoms with Crippen molar-refractivity contribution in [1.29, 1.82) is 0 Å². The summed E-state index contributed by atoms with van der Waals surface area (Å²) in [5.74, 6) is 0. The molecule has 0 aliphatic heterocycles. The number of hydrogen-bond donors (Lipinski definition) is 0. The van der Waals surface area contributed by atoms with Gasteiger partial charge in [-0.1, -0.05) is 19.1 Å². The van der Waals surface area contributed by atoms with Crippen LogP contribution >= 0.6 is 0 Å². The summed E-state index contributed by atoms with van der Waals surface area (Å²) < 4.78 is 0. The molecule has 0 saturated carbocycles. The highest BCUT2D eigenvalue weighted by Crippen LogP contribution is 1.93. The van der Waals surface area contributed by atoms with E-state index in [-0.39, 0.29) is 6.61 Å². The first-order valence-electron chi connectivity index (χ1n) is 3.69. The van der Waals surface area contributed by atoms with Gasteiger partial charge in [-0.2, -0.15) is 0 Å². The molecule has 0 bridgehead atoms. The third kappa shape index (κ3) is 8.94. The largest absolute Gasteiger partial charge is 0.314 e. The van der Waals surface area contributed by atoms with Crippen molar-refractivity contribution < 1.29 is 9.92 Å². The molecule has 64 valence electrons. The number of nitrogens with zero attached hydrogens (tertiary/aromatic N) is 1. The van der Waals surface area contributed by atoms with Crippen LogP contribution in [0.15, 0.2) is 12.2 Å². The molecule has 0 fully saturated rings. The maximum atomic E-state index is 9.65. The summed E-state index contributed by atoms with van der Waals surface area (Å²) >= 11 is 0. The summed E-state index contributed by atoms with van der Waals surface area (Å²) in [4.78, 5) is 13.8.